The summed E-state index contributed by atoms with van der Waals surface area (Å²) in [6, 6.07) is 0. The minimum atomic E-state index is -0.0975. The molecule has 0 amide bonds. The fourth-order valence-electron chi connectivity index (χ4n) is 2.96. The number of hydrogen-bond acceptors (Lipinski definition) is 3. The van der Waals surface area contributed by atoms with Crippen LogP contribution in [0.5, 0.6) is 0 Å². The van der Waals surface area contributed by atoms with E-state index in [2.05, 4.69) is 18.8 Å². The van der Waals surface area contributed by atoms with Gasteiger partial charge >= 0.3 is 5.97 Å². The normalized spacial score (nSPS) is 26.2. The molecule has 2 atom stereocenters. The number of nitrogens with one attached hydrogen (secondary N) is 1. The van der Waals surface area contributed by atoms with E-state index in [1.807, 2.05) is 0 Å². The van der Waals surface area contributed by atoms with Crippen LogP contribution in [0.15, 0.2) is 0 Å². The zero-order valence-corrected chi connectivity index (χ0v) is 13.2. The summed E-state index contributed by atoms with van der Waals surface area (Å²) < 4.78 is 10.8. The maximum absolute atomic E-state index is 11.8. The highest BCUT2D eigenvalue weighted by Crippen LogP contribution is 2.23. The Morgan fingerprint density at radius 3 is 2.86 bits per heavy atom. The first-order chi connectivity index (χ1) is 10.3. The van der Waals surface area contributed by atoms with Crippen LogP contribution in [0.1, 0.15) is 45.4 Å². The average molecular weight is 294 g/mol. The third kappa shape index (κ3) is 5.68. The van der Waals surface area contributed by atoms with Crippen LogP contribution >= 0.6 is 0 Å². The molecule has 0 spiro atoms. The van der Waals surface area contributed by atoms with E-state index in [-0.39, 0.29) is 18.0 Å². The van der Waals surface area contributed by atoms with Gasteiger partial charge in [-0.05, 0) is 31.6 Å². The van der Waals surface area contributed by atoms with Gasteiger partial charge in [-0.2, -0.15) is 0 Å². The smallest absolute Gasteiger partial charge is 0.310 e. The minimum Gasteiger partial charge on any atom is -0.460 e. The van der Waals surface area contributed by atoms with Gasteiger partial charge in [0.2, 0.25) is 0 Å². The number of cyclic esters (lactones) is 1. The van der Waals surface area contributed by atoms with Crippen LogP contribution in [-0.2, 0) is 14.3 Å². The number of hydrogen-bond donors (Lipinski definition) is 1. The third-order valence-electron chi connectivity index (χ3n) is 4.19. The molecular formula is C17H28NO3+. The molecule has 0 unspecified atom stereocenters. The predicted octanol–water partition coefficient (Wildman–Crippen LogP) is 0.807. The van der Waals surface area contributed by atoms with Gasteiger partial charge in [0.25, 0.3) is 0 Å². The first kappa shape index (κ1) is 16.3. The fourth-order valence-corrected chi connectivity index (χ4v) is 2.96. The first-order valence-corrected chi connectivity index (χ1v) is 8.37. The Morgan fingerprint density at radius 2 is 2.10 bits per heavy atom. The Labute approximate surface area is 128 Å². The molecule has 0 aliphatic carbocycles. The van der Waals surface area contributed by atoms with Gasteiger partial charge in [0.1, 0.15) is 12.6 Å². The van der Waals surface area contributed by atoms with Gasteiger partial charge in [-0.3, -0.25) is 4.79 Å². The maximum atomic E-state index is 11.8. The van der Waals surface area contributed by atoms with Crippen molar-refractivity contribution >= 4 is 5.97 Å². The van der Waals surface area contributed by atoms with Crippen LogP contribution in [0.25, 0.3) is 0 Å². The Kier molecular flexibility index (Phi) is 7.05. The Hall–Kier alpha value is -1.05. The van der Waals surface area contributed by atoms with Gasteiger partial charge < -0.3 is 14.4 Å². The average Bonchev–Trinajstić information content (AvgIpc) is 2.85. The minimum absolute atomic E-state index is 0.0518. The molecule has 0 aromatic heterocycles. The molecule has 2 saturated heterocycles. The van der Waals surface area contributed by atoms with E-state index in [1.54, 1.807) is 4.90 Å². The summed E-state index contributed by atoms with van der Waals surface area (Å²) >= 11 is 0. The van der Waals surface area contributed by atoms with E-state index >= 15 is 0 Å². The van der Waals surface area contributed by atoms with Gasteiger partial charge in [0.15, 0.2) is 0 Å². The fraction of sp³-hybridized carbons (Fsp3) is 0.824. The van der Waals surface area contributed by atoms with Crippen LogP contribution in [-0.4, -0.2) is 44.9 Å². The summed E-state index contributed by atoms with van der Waals surface area (Å²) in [6.07, 6.45) is 6.34. The van der Waals surface area contributed by atoms with E-state index in [0.717, 1.165) is 26.0 Å². The van der Waals surface area contributed by atoms with Crippen molar-refractivity contribution < 1.29 is 19.2 Å². The summed E-state index contributed by atoms with van der Waals surface area (Å²) in [5.74, 6) is 6.27. The zero-order chi connectivity index (χ0) is 14.9. The summed E-state index contributed by atoms with van der Waals surface area (Å²) in [5, 5.41) is 0. The molecule has 1 N–H and O–H groups in total. The number of piperidine rings is 1. The lowest BCUT2D eigenvalue weighted by Crippen LogP contribution is -3.12. The van der Waals surface area contributed by atoms with E-state index in [9.17, 15) is 4.79 Å². The molecule has 0 radical (unpaired) electrons. The van der Waals surface area contributed by atoms with Crippen molar-refractivity contribution in [2.75, 3.05) is 32.8 Å². The second kappa shape index (κ2) is 9.07. The highest BCUT2D eigenvalue weighted by Gasteiger charge is 2.33. The largest absolute Gasteiger partial charge is 0.460 e. The molecular weight excluding hydrogens is 266 g/mol. The van der Waals surface area contributed by atoms with Gasteiger partial charge in [-0.1, -0.05) is 12.8 Å². The molecule has 0 saturated carbocycles. The summed E-state index contributed by atoms with van der Waals surface area (Å²) in [7, 11) is 0. The SMILES string of the molecule is CCCOC[C@@H]1C[C@@H](CC#CC[NH+]2CCCCC2)C(=O)O1. The topological polar surface area (TPSA) is 40.0 Å². The molecule has 21 heavy (non-hydrogen) atoms. The van der Waals surface area contributed by atoms with Crippen LogP contribution in [0.3, 0.4) is 0 Å². The molecule has 2 heterocycles. The number of carbonyl (C=O) groups is 1. The van der Waals surface area contributed by atoms with Crippen molar-refractivity contribution in [3.63, 3.8) is 0 Å². The second-order valence-electron chi connectivity index (χ2n) is 6.11. The third-order valence-corrected chi connectivity index (χ3v) is 4.19. The lowest BCUT2D eigenvalue weighted by atomic mass is 10.0. The van der Waals surface area contributed by atoms with Crippen molar-refractivity contribution in [2.45, 2.75) is 51.6 Å². The summed E-state index contributed by atoms with van der Waals surface area (Å²) in [6.45, 7) is 6.75. The maximum Gasteiger partial charge on any atom is 0.310 e. The first-order valence-electron chi connectivity index (χ1n) is 8.37. The summed E-state index contributed by atoms with van der Waals surface area (Å²) in [5.41, 5.74) is 0. The van der Waals surface area contributed by atoms with E-state index in [1.165, 1.54) is 32.4 Å². The Morgan fingerprint density at radius 1 is 1.29 bits per heavy atom. The monoisotopic (exact) mass is 294 g/mol. The van der Waals surface area contributed by atoms with E-state index in [4.69, 9.17) is 9.47 Å². The van der Waals surface area contributed by atoms with E-state index in [0.29, 0.717) is 13.0 Å². The number of esters is 1. The molecule has 0 aromatic rings. The zero-order valence-electron chi connectivity index (χ0n) is 13.2. The van der Waals surface area contributed by atoms with Crippen LogP contribution < -0.4 is 4.90 Å². The van der Waals surface area contributed by atoms with Crippen LogP contribution in [0, 0.1) is 17.8 Å². The molecule has 2 aliphatic rings. The highest BCUT2D eigenvalue weighted by molar-refractivity contribution is 5.75. The Bertz CT molecular complexity index is 379. The Balaban J connectivity index is 1.65. The molecule has 0 aromatic carbocycles. The number of rotatable bonds is 6. The van der Waals surface area contributed by atoms with Crippen molar-refractivity contribution in [1.29, 1.82) is 0 Å². The quantitative estimate of drug-likeness (QED) is 0.448. The lowest BCUT2D eigenvalue weighted by Gasteiger charge is -2.20. The number of ether oxygens (including phenoxy) is 2. The van der Waals surface area contributed by atoms with Gasteiger partial charge in [-0.15, -0.1) is 0 Å². The molecule has 2 aliphatic heterocycles. The number of quaternary nitrogens is 1. The van der Waals surface area contributed by atoms with Crippen molar-refractivity contribution in [2.24, 2.45) is 5.92 Å². The summed E-state index contributed by atoms with van der Waals surface area (Å²) in [4.78, 5) is 13.4. The van der Waals surface area contributed by atoms with Crippen molar-refractivity contribution in [3.05, 3.63) is 0 Å². The highest BCUT2D eigenvalue weighted by atomic mass is 16.6. The standard InChI is InChI=1S/C17H27NO3/c1-2-12-20-14-16-13-15(17(19)21-16)8-4-7-11-18-9-5-3-6-10-18/h15-16H,2-3,5-6,8-14H2,1H3/p+1/t15-,16+/m1/s1. The van der Waals surface area contributed by atoms with Crippen LogP contribution in [0.2, 0.25) is 0 Å². The molecule has 4 heteroatoms. The molecule has 2 fully saturated rings. The van der Waals surface area contributed by atoms with E-state index < -0.39 is 0 Å². The van der Waals surface area contributed by atoms with Crippen molar-refractivity contribution in [1.82, 2.24) is 0 Å². The molecule has 0 bridgehead atoms. The van der Waals surface area contributed by atoms with Crippen LogP contribution in [0.4, 0.5) is 0 Å². The second-order valence-corrected chi connectivity index (χ2v) is 6.11. The molecule has 2 rings (SSSR count). The predicted molar refractivity (Wildman–Crippen MR) is 80.9 cm³/mol. The number of carbonyl (C=O) groups excluding carboxylic acids is 1. The van der Waals surface area contributed by atoms with Crippen molar-refractivity contribution in [3.8, 4) is 11.8 Å². The molecule has 118 valence electrons. The number of likely N-dealkylation sites (tertiary alicyclic amines) is 1. The lowest BCUT2D eigenvalue weighted by molar-refractivity contribution is -0.897. The van der Waals surface area contributed by atoms with Gasteiger partial charge in [-0.25, -0.2) is 0 Å². The van der Waals surface area contributed by atoms with Gasteiger partial charge in [0.05, 0.1) is 25.6 Å². The molecule has 4 nitrogen and oxygen atoms in total. The van der Waals surface area contributed by atoms with Gasteiger partial charge in [0, 0.05) is 19.4 Å².